The van der Waals surface area contributed by atoms with Gasteiger partial charge in [0.15, 0.2) is 0 Å². The van der Waals surface area contributed by atoms with Crippen molar-refractivity contribution in [3.63, 3.8) is 0 Å². The zero-order valence-corrected chi connectivity index (χ0v) is 14.7. The van der Waals surface area contributed by atoms with Crippen LogP contribution in [0, 0.1) is 19.7 Å². The molecule has 1 aromatic heterocycles. The third-order valence-corrected chi connectivity index (χ3v) is 4.52. The molecule has 3 rings (SSSR count). The van der Waals surface area contributed by atoms with E-state index in [1.165, 1.54) is 12.1 Å². The number of rotatable bonds is 1. The topological polar surface area (TPSA) is 73.1 Å². The molecule has 0 saturated carbocycles. The van der Waals surface area contributed by atoms with Crippen LogP contribution in [0.1, 0.15) is 11.1 Å². The predicted molar refractivity (Wildman–Crippen MR) is 95.1 cm³/mol. The Morgan fingerprint density at radius 3 is 2.33 bits per heavy atom. The second-order valence-corrected chi connectivity index (χ2v) is 7.87. The number of pyridine rings is 1. The molecule has 126 valence electrons. The maximum atomic E-state index is 12.3. The van der Waals surface area contributed by atoms with Gasteiger partial charge in [-0.2, -0.15) is 0 Å². The lowest BCUT2D eigenvalue weighted by Gasteiger charge is -2.03. The number of benzene rings is 2. The van der Waals surface area contributed by atoms with E-state index in [9.17, 15) is 12.8 Å². The van der Waals surface area contributed by atoms with E-state index in [1.807, 2.05) is 6.07 Å². The molecule has 3 aromatic rings. The lowest BCUT2D eigenvalue weighted by molar-refractivity contribution is 0.610. The van der Waals surface area contributed by atoms with Crippen molar-refractivity contribution >= 4 is 36.3 Å². The van der Waals surface area contributed by atoms with Crippen LogP contribution >= 0.6 is 10.7 Å². The molecular formula is C17H16ClFN2O2S. The van der Waals surface area contributed by atoms with Crippen LogP contribution < -0.4 is 5.73 Å². The molecular weight excluding hydrogens is 351 g/mol. The predicted octanol–water partition coefficient (Wildman–Crippen LogP) is 4.19. The number of nitrogens with zero attached hydrogens (tertiary/aromatic N) is 1. The van der Waals surface area contributed by atoms with Gasteiger partial charge in [0, 0.05) is 28.0 Å². The molecule has 24 heavy (non-hydrogen) atoms. The van der Waals surface area contributed by atoms with Gasteiger partial charge >= 0.3 is 0 Å². The molecule has 0 aliphatic heterocycles. The van der Waals surface area contributed by atoms with E-state index < -0.39 is 9.05 Å². The van der Waals surface area contributed by atoms with Crippen LogP contribution in [0.25, 0.3) is 10.9 Å². The average molecular weight is 367 g/mol. The van der Waals surface area contributed by atoms with Crippen molar-refractivity contribution in [3.05, 3.63) is 65.6 Å². The number of anilines is 1. The van der Waals surface area contributed by atoms with Crippen molar-refractivity contribution in [1.29, 1.82) is 0 Å². The van der Waals surface area contributed by atoms with E-state index in [0.717, 1.165) is 11.1 Å². The maximum Gasteiger partial charge on any atom is 0.261 e. The maximum absolute atomic E-state index is 12.3. The zero-order chi connectivity index (χ0) is 17.9. The summed E-state index contributed by atoms with van der Waals surface area (Å²) in [5.41, 5.74) is 8.11. The quantitative estimate of drug-likeness (QED) is 0.517. The van der Waals surface area contributed by atoms with Gasteiger partial charge in [0.05, 0.1) is 10.4 Å². The van der Waals surface area contributed by atoms with E-state index in [1.54, 1.807) is 44.3 Å². The zero-order valence-electron chi connectivity index (χ0n) is 13.1. The van der Waals surface area contributed by atoms with Crippen LogP contribution in [0.3, 0.4) is 0 Å². The Bertz CT molecular complexity index is 941. The lowest BCUT2D eigenvalue weighted by atomic mass is 10.1. The van der Waals surface area contributed by atoms with Crippen LogP contribution in [0.4, 0.5) is 10.1 Å². The summed E-state index contributed by atoms with van der Waals surface area (Å²) in [4.78, 5) is 4.21. The van der Waals surface area contributed by atoms with E-state index >= 15 is 0 Å². The molecule has 0 saturated heterocycles. The number of halogens is 2. The first-order valence-corrected chi connectivity index (χ1v) is 9.30. The van der Waals surface area contributed by atoms with E-state index in [2.05, 4.69) is 4.98 Å². The molecule has 0 radical (unpaired) electrons. The number of nitrogens with two attached hydrogens (primary N) is 1. The normalized spacial score (nSPS) is 11.0. The minimum absolute atomic E-state index is 0.118. The van der Waals surface area contributed by atoms with Gasteiger partial charge in [-0.1, -0.05) is 0 Å². The molecule has 0 atom stereocenters. The van der Waals surface area contributed by atoms with Crippen LogP contribution in [0.15, 0.2) is 53.6 Å². The molecule has 0 bridgehead atoms. The number of aromatic nitrogens is 1. The Hall–Kier alpha value is -2.18. The second-order valence-electron chi connectivity index (χ2n) is 5.33. The molecule has 0 aliphatic carbocycles. The third kappa shape index (κ3) is 4.66. The highest BCUT2D eigenvalue weighted by Gasteiger charge is 2.14. The van der Waals surface area contributed by atoms with Gasteiger partial charge in [-0.05, 0) is 67.4 Å². The summed E-state index contributed by atoms with van der Waals surface area (Å²) in [6.07, 6.45) is 1.62. The first kappa shape index (κ1) is 18.2. The minimum Gasteiger partial charge on any atom is -0.399 e. The smallest absolute Gasteiger partial charge is 0.261 e. The molecule has 0 spiro atoms. The Morgan fingerprint density at radius 2 is 1.75 bits per heavy atom. The Morgan fingerprint density at radius 1 is 1.08 bits per heavy atom. The molecule has 0 unspecified atom stereocenters. The van der Waals surface area contributed by atoms with Gasteiger partial charge in [-0.25, -0.2) is 12.8 Å². The summed E-state index contributed by atoms with van der Waals surface area (Å²) in [6, 6.07) is 11.2. The molecule has 0 aliphatic rings. The standard InChI is InChI=1S/C10H8ClNO2S.C7H8FN/c1-7-5-9-8(3-2-4-12-9)10(6-7)15(11,13)14;1-5-2-6(8)4-7(9)3-5/h2-6H,1H3;2-4H,9H2,1H3. The van der Waals surface area contributed by atoms with Gasteiger partial charge in [-0.15, -0.1) is 0 Å². The second kappa shape index (κ2) is 7.15. The summed E-state index contributed by atoms with van der Waals surface area (Å²) >= 11 is 0. The van der Waals surface area contributed by atoms with Gasteiger partial charge in [-0.3, -0.25) is 4.98 Å². The van der Waals surface area contributed by atoms with Crippen LogP contribution in [0.2, 0.25) is 0 Å². The summed E-state index contributed by atoms with van der Waals surface area (Å²) in [7, 11) is 1.63. The fourth-order valence-corrected chi connectivity index (χ4v) is 3.39. The largest absolute Gasteiger partial charge is 0.399 e. The van der Waals surface area contributed by atoms with Crippen LogP contribution in [-0.4, -0.2) is 13.4 Å². The lowest BCUT2D eigenvalue weighted by Crippen LogP contribution is -1.94. The SMILES string of the molecule is Cc1cc(N)cc(F)c1.Cc1cc(S(=O)(=O)Cl)c2cccnc2c1. The van der Waals surface area contributed by atoms with Crippen molar-refractivity contribution in [2.75, 3.05) is 5.73 Å². The molecule has 0 fully saturated rings. The van der Waals surface area contributed by atoms with Gasteiger partial charge in [0.1, 0.15) is 5.82 Å². The highest BCUT2D eigenvalue weighted by Crippen LogP contribution is 2.25. The highest BCUT2D eigenvalue weighted by atomic mass is 35.7. The number of hydrogen-bond acceptors (Lipinski definition) is 4. The Balaban J connectivity index is 0.000000198. The van der Waals surface area contributed by atoms with Crippen LogP contribution in [0.5, 0.6) is 0 Å². The molecule has 7 heteroatoms. The summed E-state index contributed by atoms with van der Waals surface area (Å²) in [6.45, 7) is 3.61. The molecule has 1 heterocycles. The van der Waals surface area contributed by atoms with Crippen molar-refractivity contribution < 1.29 is 12.8 Å². The van der Waals surface area contributed by atoms with Gasteiger partial charge < -0.3 is 5.73 Å². The fourth-order valence-electron chi connectivity index (χ4n) is 2.25. The molecule has 0 amide bonds. The summed E-state index contributed by atoms with van der Waals surface area (Å²) < 4.78 is 35.0. The minimum atomic E-state index is -3.72. The van der Waals surface area contributed by atoms with E-state index in [-0.39, 0.29) is 10.7 Å². The molecule has 4 nitrogen and oxygen atoms in total. The first-order valence-electron chi connectivity index (χ1n) is 6.99. The molecule has 2 N–H and O–H groups in total. The monoisotopic (exact) mass is 366 g/mol. The van der Waals surface area contributed by atoms with E-state index in [4.69, 9.17) is 16.4 Å². The number of hydrogen-bond donors (Lipinski definition) is 1. The van der Waals surface area contributed by atoms with Crippen molar-refractivity contribution in [2.24, 2.45) is 0 Å². The average Bonchev–Trinajstić information content (AvgIpc) is 2.44. The van der Waals surface area contributed by atoms with Crippen LogP contribution in [-0.2, 0) is 9.05 Å². The van der Waals surface area contributed by atoms with Crippen molar-refractivity contribution in [2.45, 2.75) is 18.7 Å². The molecule has 2 aromatic carbocycles. The van der Waals surface area contributed by atoms with Gasteiger partial charge in [0.2, 0.25) is 0 Å². The highest BCUT2D eigenvalue weighted by molar-refractivity contribution is 8.14. The van der Waals surface area contributed by atoms with E-state index in [0.29, 0.717) is 16.6 Å². The van der Waals surface area contributed by atoms with Gasteiger partial charge in [0.25, 0.3) is 9.05 Å². The summed E-state index contributed by atoms with van der Waals surface area (Å²) in [5, 5.41) is 0.554. The number of aryl methyl sites for hydroxylation is 2. The summed E-state index contributed by atoms with van der Waals surface area (Å²) in [5.74, 6) is -0.271. The number of fused-ring (bicyclic) bond motifs is 1. The van der Waals surface area contributed by atoms with Crippen molar-refractivity contribution in [3.8, 4) is 0 Å². The number of nitrogen functional groups attached to an aromatic ring is 1. The Kier molecular flexibility index (Phi) is 5.41. The van der Waals surface area contributed by atoms with Crippen molar-refractivity contribution in [1.82, 2.24) is 4.98 Å². The Labute approximate surface area is 144 Å². The first-order chi connectivity index (χ1) is 11.2. The third-order valence-electron chi connectivity index (χ3n) is 3.15. The fraction of sp³-hybridized carbons (Fsp3) is 0.118.